The van der Waals surface area contributed by atoms with E-state index in [-0.39, 0.29) is 17.5 Å². The molecule has 4 rings (SSSR count). The van der Waals surface area contributed by atoms with Crippen LogP contribution in [0, 0.1) is 17.3 Å². The predicted octanol–water partition coefficient (Wildman–Crippen LogP) is 4.12. The average Bonchev–Trinajstić information content (AvgIpc) is 2.83. The first-order chi connectivity index (χ1) is 11.0. The van der Waals surface area contributed by atoms with Gasteiger partial charge in [0, 0.05) is 25.2 Å². The number of carbonyl (C=O) groups is 2. The van der Waals surface area contributed by atoms with Gasteiger partial charge in [0.2, 0.25) is 0 Å². The summed E-state index contributed by atoms with van der Waals surface area (Å²) in [7, 11) is 0. The van der Waals surface area contributed by atoms with Gasteiger partial charge in [-0.2, -0.15) is 0 Å². The molecule has 0 radical (unpaired) electrons. The first-order valence-corrected chi connectivity index (χ1v) is 9.09. The smallest absolute Gasteiger partial charge is 0.302 e. The Balaban J connectivity index is 1.66. The number of fused-ring (bicyclic) bond motifs is 4. The van der Waals surface area contributed by atoms with E-state index in [2.05, 4.69) is 13.0 Å². The number of ketones is 1. The van der Waals surface area contributed by atoms with Gasteiger partial charge in [0.05, 0.1) is 0 Å². The summed E-state index contributed by atoms with van der Waals surface area (Å²) in [6.45, 7) is 3.84. The number of carbonyl (C=O) groups excluding carboxylic acids is 2. The topological polar surface area (TPSA) is 43.4 Å². The lowest BCUT2D eigenvalue weighted by Gasteiger charge is -2.47. The Bertz CT molecular complexity index is 627. The third-order valence-corrected chi connectivity index (χ3v) is 6.87. The molecular formula is C20H26O3. The monoisotopic (exact) mass is 314 g/mol. The van der Waals surface area contributed by atoms with Crippen LogP contribution in [0.25, 0.3) is 0 Å². The van der Waals surface area contributed by atoms with E-state index in [1.165, 1.54) is 24.5 Å². The molecule has 0 amide bonds. The molecule has 0 aliphatic heterocycles. The number of ether oxygens (including phenoxy) is 1. The Morgan fingerprint density at radius 3 is 2.83 bits per heavy atom. The summed E-state index contributed by atoms with van der Waals surface area (Å²) >= 11 is 0. The maximum atomic E-state index is 11.8. The molecule has 0 heterocycles. The van der Waals surface area contributed by atoms with Crippen LogP contribution in [0.5, 0.6) is 0 Å². The Kier molecular flexibility index (Phi) is 3.51. The van der Waals surface area contributed by atoms with E-state index in [0.717, 1.165) is 38.5 Å². The first-order valence-electron chi connectivity index (χ1n) is 9.09. The van der Waals surface area contributed by atoms with Gasteiger partial charge in [0.25, 0.3) is 0 Å². The number of hydrogen-bond acceptors (Lipinski definition) is 3. The van der Waals surface area contributed by atoms with Gasteiger partial charge in [-0.3, -0.25) is 9.59 Å². The highest BCUT2D eigenvalue weighted by molar-refractivity contribution is 5.83. The molecule has 4 aliphatic carbocycles. The molecule has 4 aliphatic rings. The van der Waals surface area contributed by atoms with Crippen molar-refractivity contribution in [2.75, 3.05) is 0 Å². The van der Waals surface area contributed by atoms with Crippen LogP contribution in [-0.2, 0) is 14.3 Å². The number of esters is 1. The molecule has 0 aromatic rings. The molecule has 0 saturated heterocycles. The summed E-state index contributed by atoms with van der Waals surface area (Å²) in [5.74, 6) is 1.50. The van der Waals surface area contributed by atoms with Crippen molar-refractivity contribution >= 4 is 11.8 Å². The van der Waals surface area contributed by atoms with Crippen molar-refractivity contribution in [3.05, 3.63) is 22.8 Å². The number of Topliss-reactive ketones (excluding diaryl/α,β-unsaturated/α-hetero) is 1. The number of rotatable bonds is 1. The second kappa shape index (κ2) is 5.32. The van der Waals surface area contributed by atoms with Crippen LogP contribution in [0.3, 0.4) is 0 Å². The van der Waals surface area contributed by atoms with E-state index >= 15 is 0 Å². The highest BCUT2D eigenvalue weighted by atomic mass is 16.5. The van der Waals surface area contributed by atoms with Crippen LogP contribution in [-0.4, -0.2) is 17.9 Å². The van der Waals surface area contributed by atoms with Crippen LogP contribution < -0.4 is 0 Å². The van der Waals surface area contributed by atoms with Gasteiger partial charge in [-0.15, -0.1) is 0 Å². The van der Waals surface area contributed by atoms with Gasteiger partial charge in [0.15, 0.2) is 0 Å². The minimum Gasteiger partial charge on any atom is -0.462 e. The van der Waals surface area contributed by atoms with Crippen molar-refractivity contribution in [3.63, 3.8) is 0 Å². The molecule has 1 fully saturated rings. The van der Waals surface area contributed by atoms with Gasteiger partial charge >= 0.3 is 5.97 Å². The minimum atomic E-state index is -0.147. The van der Waals surface area contributed by atoms with Crippen molar-refractivity contribution in [1.82, 2.24) is 0 Å². The molecule has 124 valence electrons. The molecule has 0 N–H and O–H groups in total. The van der Waals surface area contributed by atoms with Crippen LogP contribution in [0.2, 0.25) is 0 Å². The zero-order valence-electron chi connectivity index (χ0n) is 14.2. The SMILES string of the molecule is CC(=O)OC1CCC2C3CCC4=C(CCC(=O)C4)C3=CCC12C. The zero-order valence-corrected chi connectivity index (χ0v) is 14.2. The lowest BCUT2D eigenvalue weighted by Crippen LogP contribution is -2.42. The summed E-state index contributed by atoms with van der Waals surface area (Å²) in [5, 5.41) is 0. The normalized spacial score (nSPS) is 39.3. The van der Waals surface area contributed by atoms with Gasteiger partial charge < -0.3 is 4.74 Å². The Hall–Kier alpha value is -1.38. The minimum absolute atomic E-state index is 0.0751. The van der Waals surface area contributed by atoms with Crippen molar-refractivity contribution in [1.29, 1.82) is 0 Å². The van der Waals surface area contributed by atoms with E-state index in [0.29, 0.717) is 24.0 Å². The molecule has 4 atom stereocenters. The fraction of sp³-hybridized carbons (Fsp3) is 0.700. The maximum absolute atomic E-state index is 11.8. The Morgan fingerprint density at radius 1 is 1.22 bits per heavy atom. The highest BCUT2D eigenvalue weighted by Gasteiger charge is 2.54. The van der Waals surface area contributed by atoms with Crippen molar-refractivity contribution < 1.29 is 14.3 Å². The van der Waals surface area contributed by atoms with E-state index in [1.54, 1.807) is 5.57 Å². The quantitative estimate of drug-likeness (QED) is 0.684. The van der Waals surface area contributed by atoms with E-state index in [4.69, 9.17) is 4.74 Å². The molecule has 3 heteroatoms. The summed E-state index contributed by atoms with van der Waals surface area (Å²) in [6, 6.07) is 0. The average molecular weight is 314 g/mol. The predicted molar refractivity (Wildman–Crippen MR) is 87.7 cm³/mol. The second-order valence-corrected chi connectivity index (χ2v) is 8.09. The lowest BCUT2D eigenvalue weighted by atomic mass is 9.58. The van der Waals surface area contributed by atoms with Crippen molar-refractivity contribution in [2.24, 2.45) is 17.3 Å². The first kappa shape index (κ1) is 15.2. The summed E-state index contributed by atoms with van der Waals surface area (Å²) in [5.41, 5.74) is 4.58. The standard InChI is InChI=1S/C20H26O3/c1-12(21)23-19-8-7-18-17-5-3-13-11-14(22)4-6-15(13)16(17)9-10-20(18,19)2/h9,17-19H,3-8,10-11H2,1-2H3. The molecule has 1 saturated carbocycles. The zero-order chi connectivity index (χ0) is 16.2. The van der Waals surface area contributed by atoms with Crippen molar-refractivity contribution in [2.45, 2.75) is 71.3 Å². The largest absolute Gasteiger partial charge is 0.462 e. The lowest BCUT2D eigenvalue weighted by molar-refractivity contribution is -0.152. The molecule has 3 nitrogen and oxygen atoms in total. The van der Waals surface area contributed by atoms with E-state index in [9.17, 15) is 9.59 Å². The number of hydrogen-bond donors (Lipinski definition) is 0. The third kappa shape index (κ3) is 2.31. The fourth-order valence-corrected chi connectivity index (χ4v) is 5.76. The second-order valence-electron chi connectivity index (χ2n) is 8.09. The molecule has 0 aromatic heterocycles. The van der Waals surface area contributed by atoms with Gasteiger partial charge in [-0.25, -0.2) is 0 Å². The number of allylic oxidation sites excluding steroid dienone is 4. The fourth-order valence-electron chi connectivity index (χ4n) is 5.76. The van der Waals surface area contributed by atoms with Gasteiger partial charge in [0.1, 0.15) is 11.9 Å². The van der Waals surface area contributed by atoms with E-state index < -0.39 is 0 Å². The van der Waals surface area contributed by atoms with Crippen LogP contribution in [0.15, 0.2) is 22.8 Å². The van der Waals surface area contributed by atoms with Crippen LogP contribution >= 0.6 is 0 Å². The van der Waals surface area contributed by atoms with Gasteiger partial charge in [-0.1, -0.05) is 18.6 Å². The Labute approximate surface area is 138 Å². The molecular weight excluding hydrogens is 288 g/mol. The van der Waals surface area contributed by atoms with Crippen LogP contribution in [0.1, 0.15) is 65.2 Å². The molecule has 0 bridgehead atoms. The third-order valence-electron chi connectivity index (χ3n) is 6.87. The van der Waals surface area contributed by atoms with Crippen LogP contribution in [0.4, 0.5) is 0 Å². The highest BCUT2D eigenvalue weighted by Crippen LogP contribution is 2.59. The van der Waals surface area contributed by atoms with E-state index in [1.807, 2.05) is 0 Å². The van der Waals surface area contributed by atoms with Gasteiger partial charge in [-0.05, 0) is 61.5 Å². The molecule has 23 heavy (non-hydrogen) atoms. The Morgan fingerprint density at radius 2 is 2.04 bits per heavy atom. The summed E-state index contributed by atoms with van der Waals surface area (Å²) in [6.07, 6.45) is 10.3. The molecule has 0 aromatic carbocycles. The summed E-state index contributed by atoms with van der Waals surface area (Å²) in [4.78, 5) is 23.2. The van der Waals surface area contributed by atoms with Crippen molar-refractivity contribution in [3.8, 4) is 0 Å². The summed E-state index contributed by atoms with van der Waals surface area (Å²) < 4.78 is 5.66. The maximum Gasteiger partial charge on any atom is 0.302 e. The molecule has 0 spiro atoms. The molecule has 4 unspecified atom stereocenters.